The third kappa shape index (κ3) is 7.85. The number of carbonyl (C=O) groups is 1. The Morgan fingerprint density at radius 1 is 0.647 bits per heavy atom. The minimum atomic E-state index is -2.29. The van der Waals surface area contributed by atoms with E-state index in [0.717, 1.165) is 11.3 Å². The predicted octanol–water partition coefficient (Wildman–Crippen LogP) is 8.98. The minimum absolute atomic E-state index is 0.0375. The molecule has 0 amide bonds. The summed E-state index contributed by atoms with van der Waals surface area (Å²) in [7, 11) is -6.45. The van der Waals surface area contributed by atoms with Crippen LogP contribution in [-0.4, -0.2) is 30.9 Å². The lowest BCUT2D eigenvalue weighted by molar-refractivity contribution is -0.133. The van der Waals surface area contributed by atoms with Gasteiger partial charge >= 0.3 is 5.97 Å². The monoisotopic (exact) mass is 522 g/mol. The average Bonchev–Trinajstić information content (AvgIpc) is 2.59. The third-order valence-corrected chi connectivity index (χ3v) is 20.9. The minimum Gasteiger partial charge on any atom is -0.544 e. The quantitative estimate of drug-likeness (QED) is 0.203. The second-order valence-electron chi connectivity index (χ2n) is 14.0. The van der Waals surface area contributed by atoms with Crippen molar-refractivity contribution >= 4 is 37.0 Å². The van der Waals surface area contributed by atoms with Crippen molar-refractivity contribution in [2.75, 3.05) is 0 Å². The fourth-order valence-corrected chi connectivity index (χ4v) is 5.12. The largest absolute Gasteiger partial charge is 0.544 e. The van der Waals surface area contributed by atoms with E-state index >= 15 is 0 Å². The van der Waals surface area contributed by atoms with Gasteiger partial charge in [0.15, 0.2) is 5.76 Å². The van der Waals surface area contributed by atoms with Crippen molar-refractivity contribution in [3.63, 3.8) is 0 Å². The van der Waals surface area contributed by atoms with Gasteiger partial charge in [-0.1, -0.05) is 74.4 Å². The molecular formula is C27H50O4Si3. The number of rotatable bonds is 7. The molecule has 0 aliphatic carbocycles. The standard InChI is InChI=1S/C27H50O4Si3/c1-25(2,3)32(10,11)29-22-18-16-21(17-19-22)20-23(30-33(12,13)26(4,5)6)24(28)31-34(14,15)27(7,8)9/h16-20H,1-15H3/b23-20-. The number of hydrogen-bond acceptors (Lipinski definition) is 4. The van der Waals surface area contributed by atoms with Gasteiger partial charge in [-0.15, -0.1) is 0 Å². The van der Waals surface area contributed by atoms with E-state index in [0.29, 0.717) is 5.76 Å². The summed E-state index contributed by atoms with van der Waals surface area (Å²) in [5, 5.41) is 0.0148. The van der Waals surface area contributed by atoms with Crippen molar-refractivity contribution in [1.29, 1.82) is 0 Å². The first-order chi connectivity index (χ1) is 14.9. The zero-order chi connectivity index (χ0) is 27.0. The van der Waals surface area contributed by atoms with Crippen LogP contribution in [0, 0.1) is 0 Å². The van der Waals surface area contributed by atoms with Crippen molar-refractivity contribution in [2.45, 2.75) is 117 Å². The Bertz CT molecular complexity index is 878. The molecule has 0 radical (unpaired) electrons. The fourth-order valence-electron chi connectivity index (χ4n) is 2.22. The second kappa shape index (κ2) is 9.97. The lowest BCUT2D eigenvalue weighted by Crippen LogP contribution is -2.45. The molecule has 0 spiro atoms. The van der Waals surface area contributed by atoms with E-state index in [-0.39, 0.29) is 21.1 Å². The van der Waals surface area contributed by atoms with E-state index in [4.69, 9.17) is 13.3 Å². The van der Waals surface area contributed by atoms with Gasteiger partial charge in [-0.3, -0.25) is 0 Å². The molecule has 1 aromatic rings. The molecule has 0 aliphatic rings. The van der Waals surface area contributed by atoms with Crippen LogP contribution in [-0.2, 0) is 13.6 Å². The molecule has 194 valence electrons. The molecule has 0 saturated carbocycles. The Morgan fingerprint density at radius 2 is 1.03 bits per heavy atom. The second-order valence-corrected chi connectivity index (χ2v) is 28.1. The van der Waals surface area contributed by atoms with E-state index in [9.17, 15) is 4.79 Å². The SMILES string of the molecule is CC(C)(C)[Si](C)(C)OC(=O)/C(=C/c1ccc(O[Si](C)(C)C(C)(C)C)cc1)O[Si](C)(C)C(C)(C)C. The maximum atomic E-state index is 13.4. The molecule has 7 heteroatoms. The van der Waals surface area contributed by atoms with Gasteiger partial charge in [-0.05, 0) is 78.2 Å². The summed E-state index contributed by atoms with van der Waals surface area (Å²) in [5.74, 6) is 0.798. The fraction of sp³-hybridized carbons (Fsp3) is 0.667. The van der Waals surface area contributed by atoms with Crippen LogP contribution in [0.4, 0.5) is 0 Å². The van der Waals surface area contributed by atoms with Crippen LogP contribution in [0.3, 0.4) is 0 Å². The molecule has 1 rings (SSSR count). The molecule has 0 saturated heterocycles. The molecular weight excluding hydrogens is 473 g/mol. The average molecular weight is 523 g/mol. The molecule has 0 bridgehead atoms. The molecule has 4 nitrogen and oxygen atoms in total. The zero-order valence-corrected chi connectivity index (χ0v) is 27.5. The summed E-state index contributed by atoms with van der Waals surface area (Å²) in [6.45, 7) is 32.5. The summed E-state index contributed by atoms with van der Waals surface area (Å²) in [4.78, 5) is 13.4. The van der Waals surface area contributed by atoms with Crippen LogP contribution in [0.2, 0.25) is 54.4 Å². The van der Waals surface area contributed by atoms with Crippen LogP contribution >= 0.6 is 0 Å². The molecule has 34 heavy (non-hydrogen) atoms. The first kappa shape index (κ1) is 30.7. The highest BCUT2D eigenvalue weighted by atomic mass is 28.4. The number of benzene rings is 1. The van der Waals surface area contributed by atoms with Gasteiger partial charge in [0, 0.05) is 0 Å². The van der Waals surface area contributed by atoms with Gasteiger partial charge in [-0.2, -0.15) is 0 Å². The van der Waals surface area contributed by atoms with Crippen LogP contribution in [0.5, 0.6) is 5.75 Å². The molecule has 0 aromatic heterocycles. The highest BCUT2D eigenvalue weighted by Gasteiger charge is 2.44. The first-order valence-electron chi connectivity index (χ1n) is 12.3. The zero-order valence-electron chi connectivity index (χ0n) is 24.5. The van der Waals surface area contributed by atoms with E-state index in [1.807, 2.05) is 30.3 Å². The highest BCUT2D eigenvalue weighted by Crippen LogP contribution is 2.41. The predicted molar refractivity (Wildman–Crippen MR) is 154 cm³/mol. The van der Waals surface area contributed by atoms with Crippen LogP contribution in [0.25, 0.3) is 6.08 Å². The maximum absolute atomic E-state index is 13.4. The lowest BCUT2D eigenvalue weighted by atomic mass is 10.2. The van der Waals surface area contributed by atoms with E-state index in [2.05, 4.69) is 102 Å². The molecule has 0 heterocycles. The Morgan fingerprint density at radius 3 is 1.41 bits per heavy atom. The number of carbonyl (C=O) groups excluding carboxylic acids is 1. The summed E-state index contributed by atoms with van der Waals surface area (Å²) < 4.78 is 19.0. The van der Waals surface area contributed by atoms with Crippen LogP contribution < -0.4 is 4.43 Å². The molecule has 0 fully saturated rings. The Labute approximate surface area is 212 Å². The van der Waals surface area contributed by atoms with Gasteiger partial charge in [0.05, 0.1) is 0 Å². The summed E-state index contributed by atoms with van der Waals surface area (Å²) in [6.07, 6.45) is 1.83. The van der Waals surface area contributed by atoms with Gasteiger partial charge < -0.3 is 13.3 Å². The van der Waals surface area contributed by atoms with Gasteiger partial charge in [0.2, 0.25) is 8.32 Å². The molecule has 0 N–H and O–H groups in total. The normalized spacial score (nSPS) is 14.6. The van der Waals surface area contributed by atoms with Gasteiger partial charge in [0.25, 0.3) is 16.6 Å². The third-order valence-electron chi connectivity index (χ3n) is 7.88. The Kier molecular flexibility index (Phi) is 9.01. The summed E-state index contributed by atoms with van der Waals surface area (Å²) in [5.41, 5.74) is 0.892. The van der Waals surface area contributed by atoms with Crippen LogP contribution in [0.1, 0.15) is 67.9 Å². The van der Waals surface area contributed by atoms with Gasteiger partial charge in [0.1, 0.15) is 5.75 Å². The molecule has 0 unspecified atom stereocenters. The van der Waals surface area contributed by atoms with E-state index < -0.39 is 25.0 Å². The first-order valence-corrected chi connectivity index (χ1v) is 21.1. The number of hydrogen-bond donors (Lipinski definition) is 0. The molecule has 0 aliphatic heterocycles. The van der Waals surface area contributed by atoms with E-state index in [1.54, 1.807) is 0 Å². The van der Waals surface area contributed by atoms with Crippen molar-refractivity contribution < 1.29 is 18.1 Å². The Balaban J connectivity index is 3.34. The smallest absolute Gasteiger partial charge is 0.358 e. The van der Waals surface area contributed by atoms with Crippen LogP contribution in [0.15, 0.2) is 30.0 Å². The van der Waals surface area contributed by atoms with Crippen molar-refractivity contribution in [3.05, 3.63) is 35.6 Å². The lowest BCUT2D eigenvalue weighted by Gasteiger charge is -2.39. The van der Waals surface area contributed by atoms with Crippen molar-refractivity contribution in [2.24, 2.45) is 0 Å². The highest BCUT2D eigenvalue weighted by molar-refractivity contribution is 6.76. The van der Waals surface area contributed by atoms with E-state index in [1.165, 1.54) is 0 Å². The van der Waals surface area contributed by atoms with Crippen molar-refractivity contribution in [1.82, 2.24) is 0 Å². The molecule has 1 aromatic carbocycles. The maximum Gasteiger partial charge on any atom is 0.358 e. The summed E-state index contributed by atoms with van der Waals surface area (Å²) in [6, 6.07) is 7.93. The summed E-state index contributed by atoms with van der Waals surface area (Å²) >= 11 is 0. The van der Waals surface area contributed by atoms with Crippen molar-refractivity contribution in [3.8, 4) is 5.75 Å². The Hall–Kier alpha value is -1.32. The molecule has 0 atom stereocenters. The topological polar surface area (TPSA) is 44.8 Å². The van der Waals surface area contributed by atoms with Gasteiger partial charge in [-0.25, -0.2) is 4.79 Å².